The van der Waals surface area contributed by atoms with E-state index in [9.17, 15) is 20.3 Å². The fourth-order valence-corrected chi connectivity index (χ4v) is 1.83. The third-order valence-corrected chi connectivity index (χ3v) is 3.03. The lowest BCUT2D eigenvalue weighted by Gasteiger charge is -2.03. The van der Waals surface area contributed by atoms with Crippen molar-refractivity contribution in [1.29, 1.82) is 0 Å². The van der Waals surface area contributed by atoms with Crippen LogP contribution in [0.3, 0.4) is 0 Å². The summed E-state index contributed by atoms with van der Waals surface area (Å²) in [5, 5.41) is 30.3. The second-order valence-electron chi connectivity index (χ2n) is 4.41. The zero-order chi connectivity index (χ0) is 15.4. The maximum absolute atomic E-state index is 10.7. The molecule has 0 aromatic heterocycles. The topological polar surface area (TPSA) is 96.0 Å². The quantitative estimate of drug-likeness (QED) is 0.512. The number of aryl methyl sites for hydroxylation is 1. The van der Waals surface area contributed by atoms with Gasteiger partial charge in [0.1, 0.15) is 11.4 Å². The number of phenolic OH excluding ortho intramolecular Hbond substituents is 2. The van der Waals surface area contributed by atoms with Crippen molar-refractivity contribution >= 4 is 17.6 Å². The minimum atomic E-state index is -0.665. The van der Waals surface area contributed by atoms with Crippen LogP contribution in [0.4, 0.5) is 11.4 Å². The van der Waals surface area contributed by atoms with Gasteiger partial charge in [0.25, 0.3) is 0 Å². The number of phenols is 2. The van der Waals surface area contributed by atoms with E-state index in [1.807, 2.05) is 6.92 Å². The van der Waals surface area contributed by atoms with E-state index in [4.69, 9.17) is 0 Å². The summed E-state index contributed by atoms with van der Waals surface area (Å²) < 4.78 is 0. The monoisotopic (exact) mass is 286 g/mol. The molecular formula is C15H14N2O4. The summed E-state index contributed by atoms with van der Waals surface area (Å²) in [6.07, 6.45) is 2.09. The SMILES string of the molecule is CCc1ccc(O)c(N=Cc2cccc([N+](=O)[O-])c2O)c1. The Morgan fingerprint density at radius 2 is 2.05 bits per heavy atom. The minimum absolute atomic E-state index is 0.00775. The smallest absolute Gasteiger partial charge is 0.311 e. The van der Waals surface area contributed by atoms with E-state index in [0.29, 0.717) is 5.69 Å². The zero-order valence-corrected chi connectivity index (χ0v) is 11.4. The van der Waals surface area contributed by atoms with Crippen LogP contribution in [0.1, 0.15) is 18.1 Å². The molecule has 2 aromatic rings. The molecule has 6 nitrogen and oxygen atoms in total. The van der Waals surface area contributed by atoms with E-state index >= 15 is 0 Å². The Hall–Kier alpha value is -2.89. The first-order chi connectivity index (χ1) is 10.0. The standard InChI is InChI=1S/C15H14N2O4/c1-2-10-6-7-14(18)12(8-10)16-9-11-4-3-5-13(15(11)19)17(20)21/h3-9,18-19H,2H2,1H3. The number of benzene rings is 2. The average molecular weight is 286 g/mol. The van der Waals surface area contributed by atoms with Crippen LogP contribution in [-0.2, 0) is 6.42 Å². The normalized spacial score (nSPS) is 10.9. The van der Waals surface area contributed by atoms with E-state index < -0.39 is 10.7 Å². The number of nitro groups is 1. The maximum atomic E-state index is 10.7. The zero-order valence-electron chi connectivity index (χ0n) is 11.4. The molecule has 2 aromatic carbocycles. The van der Waals surface area contributed by atoms with E-state index in [0.717, 1.165) is 12.0 Å². The molecule has 6 heteroatoms. The summed E-state index contributed by atoms with van der Waals surface area (Å²) in [7, 11) is 0. The molecule has 0 fully saturated rings. The van der Waals surface area contributed by atoms with Crippen LogP contribution in [0.15, 0.2) is 41.4 Å². The fourth-order valence-electron chi connectivity index (χ4n) is 1.83. The molecular weight excluding hydrogens is 272 g/mol. The number of aliphatic imine (C=N–C) groups is 1. The van der Waals surface area contributed by atoms with Crippen molar-refractivity contribution in [3.63, 3.8) is 0 Å². The number of aromatic hydroxyl groups is 2. The number of nitrogens with zero attached hydrogens (tertiary/aromatic N) is 2. The molecule has 0 aliphatic carbocycles. The molecule has 0 aliphatic heterocycles. The highest BCUT2D eigenvalue weighted by Gasteiger charge is 2.15. The van der Waals surface area contributed by atoms with Crippen LogP contribution in [0, 0.1) is 10.1 Å². The molecule has 0 amide bonds. The van der Waals surface area contributed by atoms with Crippen molar-refractivity contribution in [2.45, 2.75) is 13.3 Å². The summed E-state index contributed by atoms with van der Waals surface area (Å²) in [4.78, 5) is 14.2. The summed E-state index contributed by atoms with van der Waals surface area (Å²) in [5.41, 5.74) is 1.18. The lowest BCUT2D eigenvalue weighted by molar-refractivity contribution is -0.385. The maximum Gasteiger partial charge on any atom is 0.311 e. The molecule has 0 unspecified atom stereocenters. The molecule has 2 rings (SSSR count). The minimum Gasteiger partial charge on any atom is -0.506 e. The van der Waals surface area contributed by atoms with Crippen LogP contribution in [0.2, 0.25) is 0 Å². The molecule has 0 saturated heterocycles. The van der Waals surface area contributed by atoms with Crippen molar-refractivity contribution in [2.75, 3.05) is 0 Å². The van der Waals surface area contributed by atoms with Crippen LogP contribution in [-0.4, -0.2) is 21.4 Å². The first-order valence-electron chi connectivity index (χ1n) is 6.35. The molecule has 0 spiro atoms. The Bertz CT molecular complexity index is 711. The number of hydrogen-bond acceptors (Lipinski definition) is 5. The molecule has 0 heterocycles. The number of para-hydroxylation sites is 1. The predicted octanol–water partition coefficient (Wildman–Crippen LogP) is 3.32. The molecule has 0 aliphatic rings. The van der Waals surface area contributed by atoms with Gasteiger partial charge in [-0.2, -0.15) is 0 Å². The first kappa shape index (κ1) is 14.5. The molecule has 0 radical (unpaired) electrons. The molecule has 0 bridgehead atoms. The van der Waals surface area contributed by atoms with Gasteiger partial charge in [0.15, 0.2) is 0 Å². The number of nitro benzene ring substituents is 1. The van der Waals surface area contributed by atoms with Gasteiger partial charge < -0.3 is 10.2 Å². The fraction of sp³-hybridized carbons (Fsp3) is 0.133. The molecule has 0 saturated carbocycles. The summed E-state index contributed by atoms with van der Waals surface area (Å²) in [5.74, 6) is -0.439. The van der Waals surface area contributed by atoms with Crippen molar-refractivity contribution in [3.8, 4) is 11.5 Å². The predicted molar refractivity (Wildman–Crippen MR) is 79.5 cm³/mol. The van der Waals surface area contributed by atoms with Crippen LogP contribution in [0.25, 0.3) is 0 Å². The van der Waals surface area contributed by atoms with Crippen LogP contribution in [0.5, 0.6) is 11.5 Å². The Balaban J connectivity index is 2.38. The number of rotatable bonds is 4. The Labute approximate surface area is 121 Å². The first-order valence-corrected chi connectivity index (χ1v) is 6.35. The van der Waals surface area contributed by atoms with Crippen LogP contribution >= 0.6 is 0 Å². The second kappa shape index (κ2) is 6.04. The second-order valence-corrected chi connectivity index (χ2v) is 4.41. The van der Waals surface area contributed by atoms with Crippen molar-refractivity contribution in [2.24, 2.45) is 4.99 Å². The highest BCUT2D eigenvalue weighted by molar-refractivity contribution is 5.87. The van der Waals surface area contributed by atoms with Gasteiger partial charge in [0, 0.05) is 17.8 Å². The van der Waals surface area contributed by atoms with Crippen LogP contribution < -0.4 is 0 Å². The summed E-state index contributed by atoms with van der Waals surface area (Å²) >= 11 is 0. The van der Waals surface area contributed by atoms with Gasteiger partial charge in [0.2, 0.25) is 5.75 Å². The average Bonchev–Trinajstić information content (AvgIpc) is 2.47. The Morgan fingerprint density at radius 3 is 2.71 bits per heavy atom. The van der Waals surface area contributed by atoms with Gasteiger partial charge in [-0.05, 0) is 30.2 Å². The summed E-state index contributed by atoms with van der Waals surface area (Å²) in [6, 6.07) is 9.23. The van der Waals surface area contributed by atoms with Gasteiger partial charge >= 0.3 is 5.69 Å². The third kappa shape index (κ3) is 3.17. The van der Waals surface area contributed by atoms with Gasteiger partial charge in [-0.15, -0.1) is 0 Å². The van der Waals surface area contributed by atoms with E-state index in [1.54, 1.807) is 18.2 Å². The lowest BCUT2D eigenvalue weighted by atomic mass is 10.1. The highest BCUT2D eigenvalue weighted by Crippen LogP contribution is 2.30. The Kier molecular flexibility index (Phi) is 4.18. The van der Waals surface area contributed by atoms with Gasteiger partial charge in [-0.25, -0.2) is 0 Å². The molecule has 2 N–H and O–H groups in total. The van der Waals surface area contributed by atoms with E-state index in [-0.39, 0.29) is 17.0 Å². The largest absolute Gasteiger partial charge is 0.506 e. The molecule has 0 atom stereocenters. The van der Waals surface area contributed by atoms with Crippen molar-refractivity contribution in [1.82, 2.24) is 0 Å². The van der Waals surface area contributed by atoms with Crippen molar-refractivity contribution < 1.29 is 15.1 Å². The molecule has 21 heavy (non-hydrogen) atoms. The van der Waals surface area contributed by atoms with Gasteiger partial charge in [-0.1, -0.05) is 19.1 Å². The van der Waals surface area contributed by atoms with Gasteiger partial charge in [0.05, 0.1) is 4.92 Å². The van der Waals surface area contributed by atoms with Gasteiger partial charge in [-0.3, -0.25) is 15.1 Å². The molecule has 108 valence electrons. The lowest BCUT2D eigenvalue weighted by Crippen LogP contribution is -1.91. The third-order valence-electron chi connectivity index (χ3n) is 3.03. The summed E-state index contributed by atoms with van der Waals surface area (Å²) in [6.45, 7) is 1.98. The number of hydrogen-bond donors (Lipinski definition) is 2. The van der Waals surface area contributed by atoms with E-state index in [2.05, 4.69) is 4.99 Å². The Morgan fingerprint density at radius 1 is 1.29 bits per heavy atom. The van der Waals surface area contributed by atoms with Crippen molar-refractivity contribution in [3.05, 3.63) is 57.6 Å². The highest BCUT2D eigenvalue weighted by atomic mass is 16.6. The van der Waals surface area contributed by atoms with E-state index in [1.165, 1.54) is 24.4 Å².